The summed E-state index contributed by atoms with van der Waals surface area (Å²) in [6.07, 6.45) is -0.681. The number of aromatic nitrogens is 1. The van der Waals surface area contributed by atoms with E-state index in [9.17, 15) is 23.5 Å². The lowest BCUT2D eigenvalue weighted by molar-refractivity contribution is -0.916. The summed E-state index contributed by atoms with van der Waals surface area (Å²) in [6, 6.07) is 7.54. The van der Waals surface area contributed by atoms with Gasteiger partial charge in [0, 0.05) is 36.4 Å². The van der Waals surface area contributed by atoms with Gasteiger partial charge in [0.15, 0.2) is 16.8 Å². The molecule has 0 atom stereocenters. The monoisotopic (exact) mass is 601 g/mol. The number of carboxylic acid groups (broad SMARTS) is 1. The lowest BCUT2D eigenvalue weighted by atomic mass is 9.80. The number of thiazole rings is 1. The molecule has 224 valence electrons. The number of amides is 1. The van der Waals surface area contributed by atoms with Crippen LogP contribution >= 0.6 is 11.3 Å². The Balaban J connectivity index is 1.31. The molecule has 0 N–H and O–H groups in total. The highest BCUT2D eigenvalue weighted by molar-refractivity contribution is 7.14. The fourth-order valence-corrected chi connectivity index (χ4v) is 6.52. The molecule has 1 fully saturated rings. The maximum atomic E-state index is 13.9. The van der Waals surface area contributed by atoms with Gasteiger partial charge in [-0.15, -0.1) is 11.3 Å². The van der Waals surface area contributed by atoms with Crippen molar-refractivity contribution in [3.8, 4) is 22.8 Å². The van der Waals surface area contributed by atoms with Crippen LogP contribution in [0.15, 0.2) is 35.7 Å². The summed E-state index contributed by atoms with van der Waals surface area (Å²) in [7, 11) is 5.26. The van der Waals surface area contributed by atoms with Crippen molar-refractivity contribution in [2.45, 2.75) is 19.3 Å². The molecule has 9 nitrogen and oxygen atoms in total. The smallest absolute Gasteiger partial charge is 0.235 e. The number of nitrogens with zero attached hydrogens (tertiary/aromatic N) is 3. The number of ether oxygens (including phenoxy) is 3. The van der Waals surface area contributed by atoms with Crippen molar-refractivity contribution < 1.29 is 42.2 Å². The summed E-state index contributed by atoms with van der Waals surface area (Å²) in [5.74, 6) is -2.80. The minimum atomic E-state index is -1.45. The van der Waals surface area contributed by atoms with E-state index < -0.39 is 35.3 Å². The number of rotatable bonds is 10. The largest absolute Gasteiger partial charge is 0.550 e. The molecular weight excluding hydrogens is 568 g/mol. The predicted molar refractivity (Wildman–Crippen MR) is 150 cm³/mol. The van der Waals surface area contributed by atoms with Crippen molar-refractivity contribution in [2.75, 3.05) is 65.6 Å². The van der Waals surface area contributed by atoms with Gasteiger partial charge in [-0.05, 0) is 48.2 Å². The third-order valence-electron chi connectivity index (χ3n) is 8.22. The molecule has 1 aliphatic carbocycles. The van der Waals surface area contributed by atoms with E-state index in [-0.39, 0.29) is 12.8 Å². The topological polar surface area (TPSA) is 101 Å². The van der Waals surface area contributed by atoms with Crippen molar-refractivity contribution >= 4 is 28.3 Å². The third kappa shape index (κ3) is 6.11. The van der Waals surface area contributed by atoms with E-state index in [4.69, 9.17) is 14.2 Å². The van der Waals surface area contributed by atoms with Gasteiger partial charge < -0.3 is 28.6 Å². The Bertz CT molecular complexity index is 1460. The molecule has 2 heterocycles. The number of fused-ring (bicyclic) bond motifs is 1. The van der Waals surface area contributed by atoms with Crippen molar-refractivity contribution in [1.82, 2.24) is 4.98 Å². The average molecular weight is 602 g/mol. The van der Waals surface area contributed by atoms with Crippen molar-refractivity contribution in [3.05, 3.63) is 58.5 Å². The second-order valence-electron chi connectivity index (χ2n) is 11.2. The Labute approximate surface area is 246 Å². The van der Waals surface area contributed by atoms with Crippen LogP contribution in [-0.2, 0) is 27.2 Å². The van der Waals surface area contributed by atoms with Crippen LogP contribution in [-0.4, -0.2) is 82.0 Å². The zero-order chi connectivity index (χ0) is 30.1. The lowest BCUT2D eigenvalue weighted by Gasteiger charge is -2.37. The Hall–Kier alpha value is -3.61. The minimum absolute atomic E-state index is 0.0456. The molecule has 0 spiro atoms. The second kappa shape index (κ2) is 11.9. The molecular formula is C30H33F2N3O6S. The van der Waals surface area contributed by atoms with E-state index in [0.29, 0.717) is 45.6 Å². The van der Waals surface area contributed by atoms with Crippen LogP contribution in [0, 0.1) is 17.0 Å². The fourth-order valence-electron chi connectivity index (χ4n) is 5.73. The Morgan fingerprint density at radius 1 is 1.14 bits per heavy atom. The summed E-state index contributed by atoms with van der Waals surface area (Å²) in [6.45, 7) is 4.81. The highest BCUT2D eigenvalue weighted by Crippen LogP contribution is 2.43. The number of anilines is 1. The molecule has 12 heteroatoms. The number of carboxylic acids is 1. The fraction of sp³-hybridized carbons (Fsp3) is 0.433. The van der Waals surface area contributed by atoms with Gasteiger partial charge in [-0.25, -0.2) is 13.8 Å². The molecule has 1 amide bonds. The third-order valence-corrected chi connectivity index (χ3v) is 9.14. The van der Waals surface area contributed by atoms with Gasteiger partial charge in [0.25, 0.3) is 0 Å². The van der Waals surface area contributed by atoms with E-state index >= 15 is 0 Å². The number of benzene rings is 2. The number of halogens is 2. The zero-order valence-electron chi connectivity index (χ0n) is 23.8. The van der Waals surface area contributed by atoms with E-state index in [1.54, 1.807) is 18.6 Å². The van der Waals surface area contributed by atoms with Crippen LogP contribution in [0.5, 0.6) is 11.5 Å². The van der Waals surface area contributed by atoms with Crippen LogP contribution in [0.2, 0.25) is 0 Å². The highest BCUT2D eigenvalue weighted by atomic mass is 32.1. The average Bonchev–Trinajstić information content (AvgIpc) is 3.58. The first kappa shape index (κ1) is 29.9. The van der Waals surface area contributed by atoms with Gasteiger partial charge in [0.1, 0.15) is 37.7 Å². The van der Waals surface area contributed by atoms with Gasteiger partial charge in [-0.3, -0.25) is 9.69 Å². The van der Waals surface area contributed by atoms with E-state index in [1.807, 2.05) is 12.1 Å². The maximum absolute atomic E-state index is 13.9. The van der Waals surface area contributed by atoms with Crippen LogP contribution in [0.3, 0.4) is 0 Å². The minimum Gasteiger partial charge on any atom is -0.550 e. The molecule has 1 saturated heterocycles. The summed E-state index contributed by atoms with van der Waals surface area (Å²) in [5.41, 5.74) is 0.634. The van der Waals surface area contributed by atoms with Crippen LogP contribution in [0.25, 0.3) is 11.3 Å². The summed E-state index contributed by atoms with van der Waals surface area (Å²) >= 11 is 1.21. The number of quaternary nitrogens is 1. The van der Waals surface area contributed by atoms with E-state index in [0.717, 1.165) is 49.5 Å². The SMILES string of the molecule is COc1cc(OCC[N+]2(C)CCOCC2)ccc1-c1csc(N(C)C(=O)C2(CC(=O)[O-])Cc3cc(F)c(F)cc3C2)n1. The Kier molecular flexibility index (Phi) is 8.49. The van der Waals surface area contributed by atoms with Crippen LogP contribution in [0.4, 0.5) is 13.9 Å². The van der Waals surface area contributed by atoms with Crippen LogP contribution in [0.1, 0.15) is 17.5 Å². The number of carbonyl (C=O) groups excluding carboxylic acids is 2. The standard InChI is InChI=1S/C30H33F2N3O6S/c1-34(28(38)30(17-27(36)37)15-19-12-23(31)24(32)13-20(19)16-30)29-33-25(18-42-29)22-5-4-21(14-26(22)39-3)41-11-8-35(2)6-9-40-10-7-35/h4-5,12-14,18H,6-11,15-17H2,1-3H3. The molecule has 2 aliphatic rings. The molecule has 1 aromatic heterocycles. The van der Waals surface area contributed by atoms with E-state index in [1.165, 1.54) is 23.3 Å². The van der Waals surface area contributed by atoms with Gasteiger partial charge in [-0.2, -0.15) is 0 Å². The Morgan fingerprint density at radius 3 is 2.43 bits per heavy atom. The summed E-state index contributed by atoms with van der Waals surface area (Å²) in [5, 5.41) is 13.8. The van der Waals surface area contributed by atoms with Crippen molar-refractivity contribution in [3.63, 3.8) is 0 Å². The normalized spacial score (nSPS) is 17.0. The maximum Gasteiger partial charge on any atom is 0.235 e. The molecule has 42 heavy (non-hydrogen) atoms. The second-order valence-corrected chi connectivity index (χ2v) is 12.0. The predicted octanol–water partition coefficient (Wildman–Crippen LogP) is 2.84. The van der Waals surface area contributed by atoms with Crippen molar-refractivity contribution in [2.24, 2.45) is 5.41 Å². The molecule has 5 rings (SSSR count). The number of aliphatic carboxylic acids is 1. The number of carbonyl (C=O) groups is 2. The first-order valence-electron chi connectivity index (χ1n) is 13.7. The van der Waals surface area contributed by atoms with Crippen LogP contribution < -0.4 is 19.5 Å². The number of hydrogen-bond acceptors (Lipinski definition) is 8. The summed E-state index contributed by atoms with van der Waals surface area (Å²) in [4.78, 5) is 31.4. The molecule has 0 unspecified atom stereocenters. The van der Waals surface area contributed by atoms with Gasteiger partial charge in [0.05, 0.1) is 38.5 Å². The first-order valence-corrected chi connectivity index (χ1v) is 14.5. The molecule has 0 radical (unpaired) electrons. The molecule has 0 bridgehead atoms. The van der Waals surface area contributed by atoms with E-state index in [2.05, 4.69) is 12.0 Å². The lowest BCUT2D eigenvalue weighted by Crippen LogP contribution is -2.53. The number of hydrogen-bond donors (Lipinski definition) is 0. The quantitative estimate of drug-likeness (QED) is 0.330. The summed E-state index contributed by atoms with van der Waals surface area (Å²) < 4.78 is 45.8. The van der Waals surface area contributed by atoms with Gasteiger partial charge in [-0.1, -0.05) is 0 Å². The highest BCUT2D eigenvalue weighted by Gasteiger charge is 2.46. The number of methoxy groups -OCH3 is 1. The molecule has 3 aromatic rings. The van der Waals surface area contributed by atoms with Gasteiger partial charge >= 0.3 is 0 Å². The molecule has 2 aromatic carbocycles. The number of morpholine rings is 1. The Morgan fingerprint density at radius 2 is 1.81 bits per heavy atom. The number of likely N-dealkylation sites (N-methyl/N-ethyl adjacent to an activating group) is 1. The molecule has 1 aliphatic heterocycles. The zero-order valence-corrected chi connectivity index (χ0v) is 24.6. The first-order chi connectivity index (χ1) is 20.0. The van der Waals surface area contributed by atoms with Crippen molar-refractivity contribution in [1.29, 1.82) is 0 Å². The van der Waals surface area contributed by atoms with Gasteiger partial charge in [0.2, 0.25) is 5.91 Å². The molecule has 0 saturated carbocycles.